The molecule has 0 aromatic heterocycles. The molecule has 274 valence electrons. The molecule has 0 aliphatic rings. The van der Waals surface area contributed by atoms with Gasteiger partial charge in [-0.3, -0.25) is 4.79 Å². The number of hydrogen-bond donors (Lipinski definition) is 2. The number of alkyl carbamates (subject to hydrolysis) is 1. The molecule has 7 heteroatoms. The minimum atomic E-state index is -0.387. The van der Waals surface area contributed by atoms with Gasteiger partial charge in [-0.15, -0.1) is 0 Å². The third kappa shape index (κ3) is 30.0. The second kappa shape index (κ2) is 33.6. The van der Waals surface area contributed by atoms with E-state index in [0.29, 0.717) is 26.1 Å². The van der Waals surface area contributed by atoms with Crippen molar-refractivity contribution in [3.63, 3.8) is 0 Å². The lowest BCUT2D eigenvalue weighted by Gasteiger charge is -2.29. The van der Waals surface area contributed by atoms with Crippen LogP contribution in [0.4, 0.5) is 4.79 Å². The van der Waals surface area contributed by atoms with E-state index >= 15 is 0 Å². The van der Waals surface area contributed by atoms with Gasteiger partial charge in [-0.25, -0.2) is 4.79 Å². The van der Waals surface area contributed by atoms with Crippen molar-refractivity contribution < 1.29 is 23.8 Å². The van der Waals surface area contributed by atoms with Crippen LogP contribution in [0.2, 0.25) is 0 Å². The molecule has 2 N–H and O–H groups in total. The molecule has 0 aromatic rings. The van der Waals surface area contributed by atoms with Crippen LogP contribution < -0.4 is 10.6 Å². The molecule has 0 heterocycles. The normalized spacial score (nSPS) is 13.3. The highest BCUT2D eigenvalue weighted by molar-refractivity contribution is 5.75. The van der Waals surface area contributed by atoms with Crippen molar-refractivity contribution in [3.05, 3.63) is 0 Å². The number of carbonyl (C=O) groups excluding carboxylic acids is 2. The van der Waals surface area contributed by atoms with Crippen LogP contribution >= 0.6 is 0 Å². The summed E-state index contributed by atoms with van der Waals surface area (Å²) < 4.78 is 17.4. The quantitative estimate of drug-likeness (QED) is 0.0664. The van der Waals surface area contributed by atoms with Crippen LogP contribution in [0.5, 0.6) is 0 Å². The van der Waals surface area contributed by atoms with E-state index in [0.717, 1.165) is 71.0 Å². The standard InChI is InChI=1S/C39H78N2O5/c1-6-10-12-13-14-15-16-17-18-19-20-21-22-23-24-28-33-44-36(8-3)35-45-38(43)41-31-27-25-26-29-37(42)40-32-30-39(5,9-4)46-34-11-7-2/h36H,6-35H2,1-5H3,(H,40,42)(H,41,43). The maximum Gasteiger partial charge on any atom is 0.407 e. The summed E-state index contributed by atoms with van der Waals surface area (Å²) in [5.74, 6) is 0.0876. The average Bonchev–Trinajstić information content (AvgIpc) is 3.05. The van der Waals surface area contributed by atoms with Gasteiger partial charge in [-0.1, -0.05) is 137 Å². The van der Waals surface area contributed by atoms with Gasteiger partial charge in [0.25, 0.3) is 0 Å². The van der Waals surface area contributed by atoms with Gasteiger partial charge in [0, 0.05) is 32.7 Å². The highest BCUT2D eigenvalue weighted by Crippen LogP contribution is 2.20. The van der Waals surface area contributed by atoms with E-state index in [2.05, 4.69) is 45.3 Å². The van der Waals surface area contributed by atoms with E-state index in [9.17, 15) is 9.59 Å². The van der Waals surface area contributed by atoms with Crippen LogP contribution in [0.3, 0.4) is 0 Å². The molecule has 0 rings (SSSR count). The van der Waals surface area contributed by atoms with Gasteiger partial charge in [0.15, 0.2) is 0 Å². The zero-order chi connectivity index (χ0) is 34.0. The van der Waals surface area contributed by atoms with Crippen LogP contribution in [0.1, 0.15) is 195 Å². The molecular weight excluding hydrogens is 576 g/mol. The third-order valence-corrected chi connectivity index (χ3v) is 9.23. The number of ether oxygens (including phenoxy) is 3. The van der Waals surface area contributed by atoms with E-state index in [-0.39, 0.29) is 23.7 Å². The molecule has 0 saturated carbocycles. The van der Waals surface area contributed by atoms with Gasteiger partial charge in [0.1, 0.15) is 6.61 Å². The van der Waals surface area contributed by atoms with Crippen LogP contribution in [-0.4, -0.2) is 56.6 Å². The molecular formula is C39H78N2O5. The number of amides is 2. The summed E-state index contributed by atoms with van der Waals surface area (Å²) in [4.78, 5) is 24.3. The van der Waals surface area contributed by atoms with Gasteiger partial charge in [0.05, 0.1) is 11.7 Å². The SMILES string of the molecule is CCCCCCCCCCCCCCCCCCOC(CC)COC(=O)NCCCCCC(=O)NCCC(C)(CC)OCCCC. The number of rotatable bonds is 35. The van der Waals surface area contributed by atoms with E-state index in [1.54, 1.807) is 0 Å². The minimum Gasteiger partial charge on any atom is -0.447 e. The van der Waals surface area contributed by atoms with Crippen LogP contribution in [0, 0.1) is 0 Å². The lowest BCUT2D eigenvalue weighted by molar-refractivity contribution is -0.121. The van der Waals surface area contributed by atoms with Crippen molar-refractivity contribution in [1.82, 2.24) is 10.6 Å². The number of hydrogen-bond acceptors (Lipinski definition) is 5. The Kier molecular flexibility index (Phi) is 32.6. The van der Waals surface area contributed by atoms with Crippen molar-refractivity contribution in [3.8, 4) is 0 Å². The predicted molar refractivity (Wildman–Crippen MR) is 195 cm³/mol. The summed E-state index contributed by atoms with van der Waals surface area (Å²) in [6.45, 7) is 13.8. The fourth-order valence-corrected chi connectivity index (χ4v) is 5.55. The zero-order valence-corrected chi connectivity index (χ0v) is 31.3. The Morgan fingerprint density at radius 1 is 0.609 bits per heavy atom. The molecule has 0 radical (unpaired) electrons. The topological polar surface area (TPSA) is 85.9 Å². The Hall–Kier alpha value is -1.34. The Labute approximate surface area is 285 Å². The fraction of sp³-hybridized carbons (Fsp3) is 0.949. The number of unbranched alkanes of at least 4 members (excludes halogenated alkanes) is 18. The van der Waals surface area contributed by atoms with E-state index < -0.39 is 0 Å². The van der Waals surface area contributed by atoms with Crippen molar-refractivity contribution in [1.29, 1.82) is 0 Å². The summed E-state index contributed by atoms with van der Waals surface area (Å²) >= 11 is 0. The molecule has 7 nitrogen and oxygen atoms in total. The Morgan fingerprint density at radius 3 is 1.70 bits per heavy atom. The molecule has 46 heavy (non-hydrogen) atoms. The summed E-state index contributed by atoms with van der Waals surface area (Å²) in [5.41, 5.74) is -0.169. The first-order valence-corrected chi connectivity index (χ1v) is 19.8. The molecule has 2 amide bonds. The smallest absolute Gasteiger partial charge is 0.407 e. The maximum absolute atomic E-state index is 12.2. The van der Waals surface area contributed by atoms with E-state index in [1.165, 1.54) is 96.3 Å². The first-order valence-electron chi connectivity index (χ1n) is 19.8. The Morgan fingerprint density at radius 2 is 1.15 bits per heavy atom. The molecule has 2 atom stereocenters. The zero-order valence-electron chi connectivity index (χ0n) is 31.3. The minimum absolute atomic E-state index is 0.0429. The van der Waals surface area contributed by atoms with Crippen molar-refractivity contribution >= 4 is 12.0 Å². The van der Waals surface area contributed by atoms with Gasteiger partial charge in [0.2, 0.25) is 5.91 Å². The molecule has 0 spiro atoms. The third-order valence-electron chi connectivity index (χ3n) is 9.23. The number of carbonyl (C=O) groups is 2. The lowest BCUT2D eigenvalue weighted by atomic mass is 9.98. The molecule has 0 saturated heterocycles. The van der Waals surface area contributed by atoms with Gasteiger partial charge in [-0.2, -0.15) is 0 Å². The van der Waals surface area contributed by atoms with E-state index in [1.807, 2.05) is 0 Å². The molecule has 0 aliphatic carbocycles. The number of nitrogens with one attached hydrogen (secondary N) is 2. The molecule has 0 bridgehead atoms. The van der Waals surface area contributed by atoms with Crippen molar-refractivity contribution in [2.75, 3.05) is 32.9 Å². The van der Waals surface area contributed by atoms with Crippen molar-refractivity contribution in [2.45, 2.75) is 207 Å². The highest BCUT2D eigenvalue weighted by Gasteiger charge is 2.22. The fourth-order valence-electron chi connectivity index (χ4n) is 5.55. The van der Waals surface area contributed by atoms with Crippen LogP contribution in [-0.2, 0) is 19.0 Å². The summed E-state index contributed by atoms with van der Waals surface area (Å²) in [7, 11) is 0. The highest BCUT2D eigenvalue weighted by atomic mass is 16.6. The summed E-state index contributed by atoms with van der Waals surface area (Å²) in [6.07, 6.45) is 29.2. The lowest BCUT2D eigenvalue weighted by Crippen LogP contribution is -2.35. The first kappa shape index (κ1) is 44.7. The summed E-state index contributed by atoms with van der Waals surface area (Å²) in [6, 6.07) is 0. The summed E-state index contributed by atoms with van der Waals surface area (Å²) in [5, 5.41) is 5.85. The second-order valence-corrected chi connectivity index (χ2v) is 13.6. The van der Waals surface area contributed by atoms with E-state index in [4.69, 9.17) is 14.2 Å². The molecule has 0 aromatic carbocycles. The Bertz CT molecular complexity index is 677. The average molecular weight is 655 g/mol. The predicted octanol–water partition coefficient (Wildman–Crippen LogP) is 10.8. The monoisotopic (exact) mass is 655 g/mol. The first-order chi connectivity index (χ1) is 22.4. The van der Waals surface area contributed by atoms with Crippen LogP contribution in [0.25, 0.3) is 0 Å². The molecule has 0 fully saturated rings. The maximum atomic E-state index is 12.2. The van der Waals surface area contributed by atoms with Gasteiger partial charge < -0.3 is 24.8 Å². The van der Waals surface area contributed by atoms with Crippen molar-refractivity contribution in [2.24, 2.45) is 0 Å². The molecule has 2 unspecified atom stereocenters. The second-order valence-electron chi connectivity index (χ2n) is 13.6. The Balaban J connectivity index is 3.60. The van der Waals surface area contributed by atoms with Gasteiger partial charge >= 0.3 is 6.09 Å². The molecule has 0 aliphatic heterocycles. The van der Waals surface area contributed by atoms with Gasteiger partial charge in [-0.05, 0) is 51.9 Å². The van der Waals surface area contributed by atoms with Crippen LogP contribution in [0.15, 0.2) is 0 Å². The largest absolute Gasteiger partial charge is 0.447 e.